The lowest BCUT2D eigenvalue weighted by Crippen LogP contribution is -2.28. The lowest BCUT2D eigenvalue weighted by molar-refractivity contribution is 0.172. The quantitative estimate of drug-likeness (QED) is 0.348. The van der Waals surface area contributed by atoms with Crippen molar-refractivity contribution in [1.82, 2.24) is 30.1 Å². The van der Waals surface area contributed by atoms with Crippen LogP contribution in [0.4, 0.5) is 0 Å². The number of nitrogens with zero attached hydrogens (tertiary/aromatic N) is 5. The van der Waals surface area contributed by atoms with Crippen molar-refractivity contribution in [1.29, 1.82) is 0 Å². The Kier molecular flexibility index (Phi) is 6.18. The standard InChI is InChI=1S/C26H24N6O3S/c33-26-20(11-19-12-23-24(13-22(19)27-26)35-9-8-34-23)15-31(16-21-7-4-10-36-21)17-25-28-29-30-32(25)14-18-5-2-1-3-6-18/h1-7,10-13H,8-9,14-17H2,(H,27,33). The summed E-state index contributed by atoms with van der Waals surface area (Å²) in [5.41, 5.74) is 2.39. The first kappa shape index (κ1) is 22.4. The largest absolute Gasteiger partial charge is 0.486 e. The van der Waals surface area contributed by atoms with Gasteiger partial charge in [-0.05, 0) is 39.6 Å². The molecule has 0 radical (unpaired) electrons. The third kappa shape index (κ3) is 4.86. The van der Waals surface area contributed by atoms with Gasteiger partial charge in [0.25, 0.3) is 5.56 Å². The number of ether oxygens (including phenoxy) is 2. The SMILES string of the molecule is O=c1[nH]c2cc3c(cc2cc1CN(Cc1cccs1)Cc1nnnn1Cc1ccccc1)OCCO3. The highest BCUT2D eigenvalue weighted by atomic mass is 32.1. The fraction of sp³-hybridized carbons (Fsp3) is 0.231. The van der Waals surface area contributed by atoms with Crippen LogP contribution in [0.15, 0.2) is 70.8 Å². The molecule has 6 rings (SSSR count). The molecule has 3 aromatic heterocycles. The molecule has 1 N–H and O–H groups in total. The average Bonchev–Trinajstić information content (AvgIpc) is 3.56. The van der Waals surface area contributed by atoms with Gasteiger partial charge in [-0.2, -0.15) is 0 Å². The zero-order valence-electron chi connectivity index (χ0n) is 19.5. The summed E-state index contributed by atoms with van der Waals surface area (Å²) in [5.74, 6) is 2.09. The first-order chi connectivity index (χ1) is 17.7. The third-order valence-corrected chi connectivity index (χ3v) is 6.94. The summed E-state index contributed by atoms with van der Waals surface area (Å²) in [6.07, 6.45) is 0. The predicted octanol–water partition coefficient (Wildman–Crippen LogP) is 3.60. The van der Waals surface area contributed by atoms with E-state index in [1.54, 1.807) is 11.3 Å². The van der Waals surface area contributed by atoms with Crippen molar-refractivity contribution < 1.29 is 9.47 Å². The van der Waals surface area contributed by atoms with Crippen LogP contribution in [0.25, 0.3) is 10.9 Å². The van der Waals surface area contributed by atoms with Gasteiger partial charge in [0.15, 0.2) is 17.3 Å². The maximum Gasteiger partial charge on any atom is 0.252 e. The molecule has 0 saturated carbocycles. The molecule has 5 aromatic rings. The van der Waals surface area contributed by atoms with Crippen LogP contribution < -0.4 is 15.0 Å². The number of aromatic nitrogens is 5. The second-order valence-electron chi connectivity index (χ2n) is 8.67. The van der Waals surface area contributed by atoms with Crippen LogP contribution in [0.1, 0.15) is 21.8 Å². The third-order valence-electron chi connectivity index (χ3n) is 6.08. The number of hydrogen-bond donors (Lipinski definition) is 1. The van der Waals surface area contributed by atoms with Gasteiger partial charge in [-0.15, -0.1) is 16.4 Å². The summed E-state index contributed by atoms with van der Waals surface area (Å²) < 4.78 is 13.2. The molecule has 10 heteroatoms. The minimum absolute atomic E-state index is 0.126. The van der Waals surface area contributed by atoms with Crippen LogP contribution in [0.2, 0.25) is 0 Å². The number of nitrogens with one attached hydrogen (secondary N) is 1. The zero-order chi connectivity index (χ0) is 24.3. The number of rotatable bonds is 8. The van der Waals surface area contributed by atoms with Crippen molar-refractivity contribution in [3.05, 3.63) is 98.2 Å². The van der Waals surface area contributed by atoms with Crippen molar-refractivity contribution >= 4 is 22.2 Å². The van der Waals surface area contributed by atoms with Gasteiger partial charge in [-0.3, -0.25) is 9.69 Å². The average molecular weight is 501 g/mol. The maximum atomic E-state index is 13.1. The van der Waals surface area contributed by atoms with Gasteiger partial charge in [0.1, 0.15) is 13.2 Å². The smallest absolute Gasteiger partial charge is 0.252 e. The molecule has 1 aliphatic rings. The predicted molar refractivity (Wildman–Crippen MR) is 136 cm³/mol. The van der Waals surface area contributed by atoms with Gasteiger partial charge in [-0.1, -0.05) is 36.4 Å². The molecule has 2 aromatic carbocycles. The van der Waals surface area contributed by atoms with Crippen molar-refractivity contribution in [2.75, 3.05) is 13.2 Å². The molecule has 1 aliphatic heterocycles. The van der Waals surface area contributed by atoms with Crippen LogP contribution in [-0.2, 0) is 26.2 Å². The monoisotopic (exact) mass is 500 g/mol. The second kappa shape index (κ2) is 9.92. The summed E-state index contributed by atoms with van der Waals surface area (Å²) in [5, 5.41) is 15.4. The summed E-state index contributed by atoms with van der Waals surface area (Å²) in [7, 11) is 0. The van der Waals surface area contributed by atoms with Crippen LogP contribution in [0.3, 0.4) is 0 Å². The molecule has 0 atom stereocenters. The van der Waals surface area contributed by atoms with Gasteiger partial charge in [0, 0.05) is 35.0 Å². The zero-order valence-corrected chi connectivity index (χ0v) is 20.3. The van der Waals surface area contributed by atoms with Gasteiger partial charge in [-0.25, -0.2) is 4.68 Å². The molecule has 0 spiro atoms. The second-order valence-corrected chi connectivity index (χ2v) is 9.70. The fourth-order valence-corrected chi connectivity index (χ4v) is 5.10. The Morgan fingerprint density at radius 1 is 0.972 bits per heavy atom. The lowest BCUT2D eigenvalue weighted by atomic mass is 10.1. The highest BCUT2D eigenvalue weighted by Gasteiger charge is 2.18. The highest BCUT2D eigenvalue weighted by Crippen LogP contribution is 2.33. The maximum absolute atomic E-state index is 13.1. The van der Waals surface area contributed by atoms with E-state index in [1.165, 1.54) is 4.88 Å². The Morgan fingerprint density at radius 2 is 1.81 bits per heavy atom. The van der Waals surface area contributed by atoms with E-state index in [0.29, 0.717) is 56.5 Å². The fourth-order valence-electron chi connectivity index (χ4n) is 4.35. The number of pyridine rings is 1. The van der Waals surface area contributed by atoms with E-state index in [9.17, 15) is 4.79 Å². The van der Waals surface area contributed by atoms with Crippen molar-refractivity contribution in [3.8, 4) is 11.5 Å². The number of tetrazole rings is 1. The van der Waals surface area contributed by atoms with E-state index in [1.807, 2.05) is 47.1 Å². The molecular weight excluding hydrogens is 476 g/mol. The van der Waals surface area contributed by atoms with E-state index in [4.69, 9.17) is 9.47 Å². The first-order valence-corrected chi connectivity index (χ1v) is 12.6. The van der Waals surface area contributed by atoms with E-state index >= 15 is 0 Å². The van der Waals surface area contributed by atoms with E-state index in [0.717, 1.165) is 22.3 Å². The normalized spacial score (nSPS) is 12.9. The topological polar surface area (TPSA) is 98.2 Å². The molecule has 0 fully saturated rings. The number of hydrogen-bond acceptors (Lipinski definition) is 8. The molecule has 0 unspecified atom stereocenters. The number of aromatic amines is 1. The summed E-state index contributed by atoms with van der Waals surface area (Å²) in [6.45, 7) is 3.21. The number of thiophene rings is 1. The number of fused-ring (bicyclic) bond motifs is 2. The molecule has 0 saturated heterocycles. The molecule has 36 heavy (non-hydrogen) atoms. The van der Waals surface area contributed by atoms with Gasteiger partial charge in [0.05, 0.1) is 18.6 Å². The van der Waals surface area contributed by atoms with Crippen LogP contribution in [0, 0.1) is 0 Å². The van der Waals surface area contributed by atoms with Gasteiger partial charge < -0.3 is 14.5 Å². The van der Waals surface area contributed by atoms with Crippen molar-refractivity contribution in [3.63, 3.8) is 0 Å². The minimum atomic E-state index is -0.126. The molecule has 0 aliphatic carbocycles. The van der Waals surface area contributed by atoms with Crippen LogP contribution in [0.5, 0.6) is 11.5 Å². The van der Waals surface area contributed by atoms with Crippen LogP contribution in [-0.4, -0.2) is 43.3 Å². The summed E-state index contributed by atoms with van der Waals surface area (Å²) in [4.78, 5) is 19.5. The van der Waals surface area contributed by atoms with Crippen molar-refractivity contribution in [2.24, 2.45) is 0 Å². The first-order valence-electron chi connectivity index (χ1n) is 11.7. The van der Waals surface area contributed by atoms with E-state index in [2.05, 4.69) is 49.0 Å². The molecular formula is C26H24N6O3S. The Morgan fingerprint density at radius 3 is 2.61 bits per heavy atom. The molecule has 4 heterocycles. The minimum Gasteiger partial charge on any atom is -0.486 e. The molecule has 182 valence electrons. The number of benzene rings is 2. The van der Waals surface area contributed by atoms with Crippen LogP contribution >= 0.6 is 11.3 Å². The Balaban J connectivity index is 1.29. The Labute approximate surface area is 210 Å². The Bertz CT molecular complexity index is 1530. The van der Waals surface area contributed by atoms with E-state index < -0.39 is 0 Å². The van der Waals surface area contributed by atoms with Gasteiger partial charge in [0.2, 0.25) is 0 Å². The van der Waals surface area contributed by atoms with E-state index in [-0.39, 0.29) is 5.56 Å². The molecule has 9 nitrogen and oxygen atoms in total. The molecule has 0 bridgehead atoms. The van der Waals surface area contributed by atoms with Crippen molar-refractivity contribution in [2.45, 2.75) is 26.2 Å². The van der Waals surface area contributed by atoms with Gasteiger partial charge >= 0.3 is 0 Å². The summed E-state index contributed by atoms with van der Waals surface area (Å²) in [6, 6.07) is 19.9. The Hall–Kier alpha value is -4.02. The highest BCUT2D eigenvalue weighted by molar-refractivity contribution is 7.09. The number of H-pyrrole nitrogens is 1. The summed E-state index contributed by atoms with van der Waals surface area (Å²) >= 11 is 1.69. The lowest BCUT2D eigenvalue weighted by Gasteiger charge is -2.22. The molecule has 0 amide bonds.